The number of carbonyl (C=O) groups excluding carboxylic acids is 1. The van der Waals surface area contributed by atoms with E-state index in [1.807, 2.05) is 0 Å². The fourth-order valence-corrected chi connectivity index (χ4v) is 2.54. The van der Waals surface area contributed by atoms with Gasteiger partial charge < -0.3 is 14.8 Å². The Morgan fingerprint density at radius 1 is 1.53 bits per heavy atom. The van der Waals surface area contributed by atoms with Gasteiger partial charge in [-0.2, -0.15) is 0 Å². The van der Waals surface area contributed by atoms with Gasteiger partial charge in [0.2, 0.25) is 0 Å². The van der Waals surface area contributed by atoms with Gasteiger partial charge in [0.25, 0.3) is 5.91 Å². The molecular weight excluding hydrogens is 244 g/mol. The lowest BCUT2D eigenvalue weighted by Crippen LogP contribution is -2.43. The van der Waals surface area contributed by atoms with Gasteiger partial charge in [-0.05, 0) is 31.9 Å². The van der Waals surface area contributed by atoms with Crippen LogP contribution in [0, 0.1) is 0 Å². The number of rotatable bonds is 6. The Balaban J connectivity index is 1.64. The molecule has 0 aromatic carbocycles. The van der Waals surface area contributed by atoms with Crippen molar-refractivity contribution in [1.82, 2.24) is 10.2 Å². The highest BCUT2D eigenvalue weighted by Gasteiger charge is 2.20. The highest BCUT2D eigenvalue weighted by molar-refractivity contribution is 5.93. The average Bonchev–Trinajstić information content (AvgIpc) is 2.98. The minimum Gasteiger partial charge on any atom is -0.472 e. The minimum atomic E-state index is -0.0916. The predicted molar refractivity (Wildman–Crippen MR) is 72.0 cm³/mol. The monoisotopic (exact) mass is 266 g/mol. The number of aliphatic hydroxyl groups is 1. The maximum Gasteiger partial charge on any atom is 0.254 e. The van der Waals surface area contributed by atoms with Crippen molar-refractivity contribution in [2.45, 2.75) is 31.7 Å². The second kappa shape index (κ2) is 7.31. The van der Waals surface area contributed by atoms with E-state index in [0.717, 1.165) is 25.9 Å². The minimum absolute atomic E-state index is 0.0916. The molecule has 1 fully saturated rings. The lowest BCUT2D eigenvalue weighted by molar-refractivity contribution is 0.0868. The maximum absolute atomic E-state index is 11.7. The molecule has 5 nitrogen and oxygen atoms in total. The third kappa shape index (κ3) is 4.08. The quantitative estimate of drug-likeness (QED) is 0.760. The number of aliphatic hydroxyl groups excluding tert-OH is 1. The molecule has 1 saturated heterocycles. The summed E-state index contributed by atoms with van der Waals surface area (Å²) < 4.78 is 4.87. The van der Waals surface area contributed by atoms with Crippen LogP contribution >= 0.6 is 0 Å². The van der Waals surface area contributed by atoms with Gasteiger partial charge in [0.1, 0.15) is 6.26 Å². The van der Waals surface area contributed by atoms with E-state index in [4.69, 9.17) is 4.42 Å². The molecule has 2 rings (SSSR count). The largest absolute Gasteiger partial charge is 0.472 e. The Kier molecular flexibility index (Phi) is 5.42. The second-order valence-corrected chi connectivity index (χ2v) is 4.99. The van der Waals surface area contributed by atoms with Gasteiger partial charge in [-0.15, -0.1) is 0 Å². The number of hydrogen-bond acceptors (Lipinski definition) is 4. The van der Waals surface area contributed by atoms with Crippen molar-refractivity contribution in [1.29, 1.82) is 0 Å². The first-order chi connectivity index (χ1) is 9.31. The van der Waals surface area contributed by atoms with Crippen LogP contribution in [-0.4, -0.2) is 48.2 Å². The van der Waals surface area contributed by atoms with Crippen LogP contribution in [0.25, 0.3) is 0 Å². The summed E-state index contributed by atoms with van der Waals surface area (Å²) in [6.45, 7) is 2.87. The van der Waals surface area contributed by atoms with Gasteiger partial charge >= 0.3 is 0 Å². The molecule has 0 saturated carbocycles. The van der Waals surface area contributed by atoms with Crippen molar-refractivity contribution in [2.24, 2.45) is 0 Å². The number of hydrogen-bond donors (Lipinski definition) is 2. The molecule has 5 heteroatoms. The molecule has 1 amide bonds. The molecule has 1 atom stereocenters. The third-order valence-electron chi connectivity index (χ3n) is 3.65. The first-order valence-corrected chi connectivity index (χ1v) is 6.96. The van der Waals surface area contributed by atoms with Crippen LogP contribution in [0.4, 0.5) is 0 Å². The average molecular weight is 266 g/mol. The third-order valence-corrected chi connectivity index (χ3v) is 3.65. The molecule has 19 heavy (non-hydrogen) atoms. The fourth-order valence-electron chi connectivity index (χ4n) is 2.54. The van der Waals surface area contributed by atoms with Crippen molar-refractivity contribution in [2.75, 3.05) is 26.2 Å². The fraction of sp³-hybridized carbons (Fsp3) is 0.643. The van der Waals surface area contributed by atoms with E-state index in [9.17, 15) is 9.90 Å². The van der Waals surface area contributed by atoms with E-state index in [1.54, 1.807) is 6.07 Å². The summed E-state index contributed by atoms with van der Waals surface area (Å²) in [7, 11) is 0. The predicted octanol–water partition coefficient (Wildman–Crippen LogP) is 1.25. The zero-order chi connectivity index (χ0) is 13.5. The smallest absolute Gasteiger partial charge is 0.254 e. The van der Waals surface area contributed by atoms with Crippen molar-refractivity contribution in [3.63, 3.8) is 0 Å². The molecule has 0 aliphatic carbocycles. The summed E-state index contributed by atoms with van der Waals surface area (Å²) in [4.78, 5) is 14.0. The molecule has 1 aliphatic rings. The molecule has 1 aromatic heterocycles. The van der Waals surface area contributed by atoms with E-state index < -0.39 is 0 Å². The summed E-state index contributed by atoms with van der Waals surface area (Å²) in [5.74, 6) is -0.0916. The summed E-state index contributed by atoms with van der Waals surface area (Å²) in [6, 6.07) is 1.96. The summed E-state index contributed by atoms with van der Waals surface area (Å²) in [5, 5.41) is 12.2. The number of likely N-dealkylation sites (tertiary alicyclic amines) is 1. The highest BCUT2D eigenvalue weighted by Crippen LogP contribution is 2.16. The number of piperidine rings is 1. The summed E-state index contributed by atoms with van der Waals surface area (Å²) in [5.41, 5.74) is 0.561. The Labute approximate surface area is 113 Å². The molecule has 0 bridgehead atoms. The Hall–Kier alpha value is -1.33. The van der Waals surface area contributed by atoms with Crippen LogP contribution in [-0.2, 0) is 0 Å². The first-order valence-electron chi connectivity index (χ1n) is 6.96. The molecule has 0 radical (unpaired) electrons. The number of nitrogens with zero attached hydrogens (tertiary/aromatic N) is 1. The van der Waals surface area contributed by atoms with Crippen molar-refractivity contribution in [3.8, 4) is 0 Å². The van der Waals surface area contributed by atoms with Crippen molar-refractivity contribution in [3.05, 3.63) is 24.2 Å². The van der Waals surface area contributed by atoms with Gasteiger partial charge in [0.15, 0.2) is 0 Å². The maximum atomic E-state index is 11.7. The topological polar surface area (TPSA) is 65.7 Å². The molecule has 2 N–H and O–H groups in total. The number of nitrogens with one attached hydrogen (secondary N) is 1. The first kappa shape index (κ1) is 14.1. The number of furan rings is 1. The normalized spacial score (nSPS) is 20.4. The van der Waals surface area contributed by atoms with Gasteiger partial charge in [-0.3, -0.25) is 9.69 Å². The molecule has 1 unspecified atom stereocenters. The van der Waals surface area contributed by atoms with E-state index >= 15 is 0 Å². The molecule has 1 aromatic rings. The highest BCUT2D eigenvalue weighted by atomic mass is 16.3. The molecule has 106 valence electrons. The van der Waals surface area contributed by atoms with E-state index in [-0.39, 0.29) is 12.5 Å². The Bertz CT molecular complexity index is 378. The van der Waals surface area contributed by atoms with Crippen molar-refractivity contribution < 1.29 is 14.3 Å². The lowest BCUT2D eigenvalue weighted by atomic mass is 10.0. The van der Waals surface area contributed by atoms with Gasteiger partial charge in [0, 0.05) is 19.1 Å². The van der Waals surface area contributed by atoms with Crippen LogP contribution in [0.1, 0.15) is 36.0 Å². The van der Waals surface area contributed by atoms with Gasteiger partial charge in [-0.1, -0.05) is 6.42 Å². The van der Waals surface area contributed by atoms with Crippen LogP contribution in [0.3, 0.4) is 0 Å². The molecule has 1 aliphatic heterocycles. The van der Waals surface area contributed by atoms with Gasteiger partial charge in [-0.25, -0.2) is 0 Å². The van der Waals surface area contributed by atoms with Crippen molar-refractivity contribution >= 4 is 5.91 Å². The SMILES string of the molecule is O=C(NCCCN1CCCCC1CO)c1ccoc1. The van der Waals surface area contributed by atoms with Gasteiger partial charge in [0.05, 0.1) is 18.4 Å². The zero-order valence-electron chi connectivity index (χ0n) is 11.2. The summed E-state index contributed by atoms with van der Waals surface area (Å²) >= 11 is 0. The number of amides is 1. The summed E-state index contributed by atoms with van der Waals surface area (Å²) in [6.07, 6.45) is 7.34. The number of carbonyl (C=O) groups is 1. The Morgan fingerprint density at radius 2 is 2.42 bits per heavy atom. The zero-order valence-corrected chi connectivity index (χ0v) is 11.2. The second-order valence-electron chi connectivity index (χ2n) is 4.99. The van der Waals surface area contributed by atoms with Crippen LogP contribution < -0.4 is 5.32 Å². The Morgan fingerprint density at radius 3 is 3.16 bits per heavy atom. The lowest BCUT2D eigenvalue weighted by Gasteiger charge is -2.34. The molecule has 0 spiro atoms. The molecule has 2 heterocycles. The van der Waals surface area contributed by atoms with Crippen LogP contribution in [0.15, 0.2) is 23.0 Å². The van der Waals surface area contributed by atoms with E-state index in [1.165, 1.54) is 25.4 Å². The van der Waals surface area contributed by atoms with E-state index in [0.29, 0.717) is 18.2 Å². The van der Waals surface area contributed by atoms with E-state index in [2.05, 4.69) is 10.2 Å². The molecular formula is C14H22N2O3. The van der Waals surface area contributed by atoms with Crippen LogP contribution in [0.2, 0.25) is 0 Å². The van der Waals surface area contributed by atoms with Crippen LogP contribution in [0.5, 0.6) is 0 Å². The standard InChI is InChI=1S/C14H22N2O3/c17-10-13-4-1-2-7-16(13)8-3-6-15-14(18)12-5-9-19-11-12/h5,9,11,13,17H,1-4,6-8,10H2,(H,15,18).